The number of aliphatic hydroxyl groups is 2. The third-order valence-corrected chi connectivity index (χ3v) is 1.18. The van der Waals surface area contributed by atoms with Gasteiger partial charge in [0.1, 0.15) is 12.5 Å². The normalized spacial score (nSPS) is 18.8. The molecule has 0 unspecified atom stereocenters. The Morgan fingerprint density at radius 1 is 1.12 bits per heavy atom. The van der Waals surface area contributed by atoms with Gasteiger partial charge < -0.3 is 10.2 Å². The molecule has 0 amide bonds. The van der Waals surface area contributed by atoms with Gasteiger partial charge in [-0.25, -0.2) is 0 Å². The van der Waals surface area contributed by atoms with E-state index in [1.807, 2.05) is 0 Å². The van der Waals surface area contributed by atoms with Gasteiger partial charge in [0.2, 0.25) is 0 Å². The molecule has 0 saturated heterocycles. The standard InChI is InChI=1S/C5H13NO2/c1-4(7)6(3)5(2)8/h4-5,7-8H,1-3H3/t4-,5+. The van der Waals surface area contributed by atoms with E-state index in [0.29, 0.717) is 0 Å². The molecule has 0 aromatic carbocycles. The van der Waals surface area contributed by atoms with E-state index in [0.717, 1.165) is 0 Å². The molecule has 0 rings (SSSR count). The van der Waals surface area contributed by atoms with Crippen LogP contribution in [0.3, 0.4) is 0 Å². The van der Waals surface area contributed by atoms with Crippen molar-refractivity contribution in [3.05, 3.63) is 0 Å². The minimum absolute atomic E-state index is 0.574. The topological polar surface area (TPSA) is 43.7 Å². The highest BCUT2D eigenvalue weighted by atomic mass is 16.3. The maximum absolute atomic E-state index is 8.76. The summed E-state index contributed by atoms with van der Waals surface area (Å²) in [6.07, 6.45) is -1.15. The highest BCUT2D eigenvalue weighted by Gasteiger charge is 2.08. The van der Waals surface area contributed by atoms with Crippen LogP contribution in [-0.4, -0.2) is 34.6 Å². The molecule has 50 valence electrons. The molecule has 0 aliphatic heterocycles. The molecule has 8 heavy (non-hydrogen) atoms. The summed E-state index contributed by atoms with van der Waals surface area (Å²) in [5.41, 5.74) is 0. The minimum Gasteiger partial charge on any atom is -0.379 e. The first kappa shape index (κ1) is 7.88. The first-order chi connectivity index (χ1) is 3.55. The Labute approximate surface area is 49.5 Å². The predicted molar refractivity (Wildman–Crippen MR) is 31.1 cm³/mol. The smallest absolute Gasteiger partial charge is 0.106 e. The van der Waals surface area contributed by atoms with E-state index in [1.165, 1.54) is 4.90 Å². The summed E-state index contributed by atoms with van der Waals surface area (Å²) in [5.74, 6) is 0. The van der Waals surface area contributed by atoms with Gasteiger partial charge in [0.15, 0.2) is 0 Å². The van der Waals surface area contributed by atoms with Crippen molar-refractivity contribution in [3.63, 3.8) is 0 Å². The third-order valence-electron chi connectivity index (χ3n) is 1.18. The minimum atomic E-state index is -0.574. The SMILES string of the molecule is C[C@H](O)N(C)[C@@H](C)O. The average molecular weight is 119 g/mol. The number of nitrogens with zero attached hydrogens (tertiary/aromatic N) is 1. The predicted octanol–water partition coefficient (Wildman–Crippen LogP) is -0.405. The lowest BCUT2D eigenvalue weighted by atomic mass is 10.5. The fourth-order valence-electron chi connectivity index (χ4n) is 0.312. The molecule has 0 fully saturated rings. The molecule has 0 aromatic heterocycles. The third kappa shape index (κ3) is 2.26. The second kappa shape index (κ2) is 3.02. The molecule has 0 aliphatic carbocycles. The molecule has 0 heterocycles. The first-order valence-corrected chi connectivity index (χ1v) is 2.63. The van der Waals surface area contributed by atoms with Crippen molar-refractivity contribution < 1.29 is 10.2 Å². The Bertz CT molecular complexity index is 55.4. The van der Waals surface area contributed by atoms with Crippen LogP contribution in [0.5, 0.6) is 0 Å². The van der Waals surface area contributed by atoms with Crippen LogP contribution in [0, 0.1) is 0 Å². The summed E-state index contributed by atoms with van der Waals surface area (Å²) in [4.78, 5) is 1.44. The Balaban J connectivity index is 3.46. The second-order valence-electron chi connectivity index (χ2n) is 1.93. The molecule has 2 N–H and O–H groups in total. The van der Waals surface area contributed by atoms with Crippen molar-refractivity contribution in [3.8, 4) is 0 Å². The van der Waals surface area contributed by atoms with Crippen LogP contribution in [0.4, 0.5) is 0 Å². The van der Waals surface area contributed by atoms with Gasteiger partial charge in [-0.05, 0) is 20.9 Å². The van der Waals surface area contributed by atoms with Gasteiger partial charge in [-0.3, -0.25) is 4.90 Å². The van der Waals surface area contributed by atoms with Crippen molar-refractivity contribution in [1.82, 2.24) is 4.90 Å². The zero-order chi connectivity index (χ0) is 6.73. The molecule has 2 atom stereocenters. The fourth-order valence-corrected chi connectivity index (χ4v) is 0.312. The van der Waals surface area contributed by atoms with E-state index >= 15 is 0 Å². The highest BCUT2D eigenvalue weighted by molar-refractivity contribution is 4.48. The van der Waals surface area contributed by atoms with Crippen LogP contribution in [0.2, 0.25) is 0 Å². The van der Waals surface area contributed by atoms with E-state index in [2.05, 4.69) is 0 Å². The molecular formula is C5H13NO2. The van der Waals surface area contributed by atoms with E-state index in [1.54, 1.807) is 20.9 Å². The van der Waals surface area contributed by atoms with Crippen molar-refractivity contribution in [1.29, 1.82) is 0 Å². The number of hydrogen-bond donors (Lipinski definition) is 2. The largest absolute Gasteiger partial charge is 0.379 e. The lowest BCUT2D eigenvalue weighted by Crippen LogP contribution is -2.36. The van der Waals surface area contributed by atoms with Crippen LogP contribution in [0.15, 0.2) is 0 Å². The summed E-state index contributed by atoms with van der Waals surface area (Å²) in [7, 11) is 1.65. The maximum Gasteiger partial charge on any atom is 0.106 e. The quantitative estimate of drug-likeness (QED) is 0.486. The van der Waals surface area contributed by atoms with Gasteiger partial charge in [0.05, 0.1) is 0 Å². The Hall–Kier alpha value is -0.120. The summed E-state index contributed by atoms with van der Waals surface area (Å²) in [6, 6.07) is 0. The van der Waals surface area contributed by atoms with Gasteiger partial charge in [0.25, 0.3) is 0 Å². The number of aliphatic hydroxyl groups excluding tert-OH is 2. The summed E-state index contributed by atoms with van der Waals surface area (Å²) in [6.45, 7) is 3.21. The zero-order valence-corrected chi connectivity index (χ0v) is 5.50. The van der Waals surface area contributed by atoms with Gasteiger partial charge in [-0.15, -0.1) is 0 Å². The Morgan fingerprint density at radius 3 is 1.38 bits per heavy atom. The molecule has 3 nitrogen and oxygen atoms in total. The highest BCUT2D eigenvalue weighted by Crippen LogP contribution is 1.93. The molecule has 3 heteroatoms. The van der Waals surface area contributed by atoms with Crippen molar-refractivity contribution in [2.45, 2.75) is 26.3 Å². The average Bonchev–Trinajstić information content (AvgIpc) is 1.64. The fraction of sp³-hybridized carbons (Fsp3) is 1.00. The maximum atomic E-state index is 8.76. The zero-order valence-electron chi connectivity index (χ0n) is 5.50. The Kier molecular flexibility index (Phi) is 2.97. The van der Waals surface area contributed by atoms with E-state index < -0.39 is 12.5 Å². The number of rotatable bonds is 2. The molecule has 0 bridgehead atoms. The van der Waals surface area contributed by atoms with Gasteiger partial charge in [-0.2, -0.15) is 0 Å². The summed E-state index contributed by atoms with van der Waals surface area (Å²) < 4.78 is 0. The summed E-state index contributed by atoms with van der Waals surface area (Å²) >= 11 is 0. The number of hydrogen-bond acceptors (Lipinski definition) is 3. The molecule has 0 spiro atoms. The van der Waals surface area contributed by atoms with Gasteiger partial charge in [-0.1, -0.05) is 0 Å². The summed E-state index contributed by atoms with van der Waals surface area (Å²) in [5, 5.41) is 17.5. The molecule has 0 aliphatic rings. The van der Waals surface area contributed by atoms with Crippen molar-refractivity contribution >= 4 is 0 Å². The van der Waals surface area contributed by atoms with Crippen molar-refractivity contribution in [2.24, 2.45) is 0 Å². The van der Waals surface area contributed by atoms with Gasteiger partial charge >= 0.3 is 0 Å². The lowest BCUT2D eigenvalue weighted by molar-refractivity contribution is -0.0665. The Morgan fingerprint density at radius 2 is 1.38 bits per heavy atom. The van der Waals surface area contributed by atoms with Crippen LogP contribution < -0.4 is 0 Å². The molecule has 0 aromatic rings. The monoisotopic (exact) mass is 119 g/mol. The van der Waals surface area contributed by atoms with E-state index in [9.17, 15) is 0 Å². The first-order valence-electron chi connectivity index (χ1n) is 2.63. The van der Waals surface area contributed by atoms with Crippen LogP contribution >= 0.6 is 0 Å². The van der Waals surface area contributed by atoms with E-state index in [4.69, 9.17) is 10.2 Å². The molecule has 0 saturated carbocycles. The van der Waals surface area contributed by atoms with E-state index in [-0.39, 0.29) is 0 Å². The van der Waals surface area contributed by atoms with Crippen LogP contribution in [-0.2, 0) is 0 Å². The second-order valence-corrected chi connectivity index (χ2v) is 1.93. The van der Waals surface area contributed by atoms with Crippen LogP contribution in [0.25, 0.3) is 0 Å². The van der Waals surface area contributed by atoms with Crippen molar-refractivity contribution in [2.75, 3.05) is 7.05 Å². The van der Waals surface area contributed by atoms with Crippen LogP contribution in [0.1, 0.15) is 13.8 Å². The lowest BCUT2D eigenvalue weighted by Gasteiger charge is -2.22. The molecule has 0 radical (unpaired) electrons. The molecular weight excluding hydrogens is 106 g/mol. The van der Waals surface area contributed by atoms with Gasteiger partial charge in [0, 0.05) is 0 Å².